The minimum Gasteiger partial charge on any atom is -0.461 e. The summed E-state index contributed by atoms with van der Waals surface area (Å²) in [6.07, 6.45) is 1.40. The highest BCUT2D eigenvalue weighted by Crippen LogP contribution is 2.32. The van der Waals surface area contributed by atoms with Crippen LogP contribution in [-0.2, 0) is 6.42 Å². The van der Waals surface area contributed by atoms with Gasteiger partial charge >= 0.3 is 0 Å². The lowest BCUT2D eigenvalue weighted by Gasteiger charge is -2.13. The molecule has 100 valence electrons. The van der Waals surface area contributed by atoms with Crippen molar-refractivity contribution in [2.75, 3.05) is 13.1 Å². The van der Waals surface area contributed by atoms with Gasteiger partial charge < -0.3 is 14.8 Å². The SMILES string of the molecule is CCc1coc2c(F)ccc([C@H](O)C3=NCCN3)c12. The fourth-order valence-corrected chi connectivity index (χ4v) is 2.44. The van der Waals surface area contributed by atoms with E-state index in [0.717, 1.165) is 18.5 Å². The average Bonchev–Trinajstić information content (AvgIpc) is 3.08. The highest BCUT2D eigenvalue weighted by atomic mass is 19.1. The number of amidine groups is 1. The summed E-state index contributed by atoms with van der Waals surface area (Å²) in [5, 5.41) is 14.1. The second-order valence-corrected chi connectivity index (χ2v) is 4.55. The normalized spacial score (nSPS) is 16.5. The van der Waals surface area contributed by atoms with E-state index in [9.17, 15) is 9.50 Å². The summed E-state index contributed by atoms with van der Waals surface area (Å²) in [4.78, 5) is 4.21. The lowest BCUT2D eigenvalue weighted by molar-refractivity contribution is 0.245. The molecule has 4 nitrogen and oxygen atoms in total. The van der Waals surface area contributed by atoms with E-state index in [1.165, 1.54) is 6.07 Å². The molecule has 1 aromatic heterocycles. The molecular weight excluding hydrogens is 247 g/mol. The first-order valence-corrected chi connectivity index (χ1v) is 6.37. The number of fused-ring (bicyclic) bond motifs is 1. The van der Waals surface area contributed by atoms with Gasteiger partial charge in [0.2, 0.25) is 0 Å². The number of aliphatic hydroxyl groups is 1. The van der Waals surface area contributed by atoms with Crippen molar-refractivity contribution in [1.29, 1.82) is 0 Å². The molecule has 1 atom stereocenters. The number of aliphatic imine (C=N–C) groups is 1. The summed E-state index contributed by atoms with van der Waals surface area (Å²) in [7, 11) is 0. The third-order valence-electron chi connectivity index (χ3n) is 3.42. The quantitative estimate of drug-likeness (QED) is 0.891. The van der Waals surface area contributed by atoms with Crippen LogP contribution in [0.4, 0.5) is 4.39 Å². The molecular formula is C14H15FN2O2. The van der Waals surface area contributed by atoms with E-state index in [1.807, 2.05) is 6.92 Å². The van der Waals surface area contributed by atoms with Crippen LogP contribution in [0.3, 0.4) is 0 Å². The van der Waals surface area contributed by atoms with Crippen LogP contribution in [0, 0.1) is 5.82 Å². The fraction of sp³-hybridized carbons (Fsp3) is 0.357. The zero-order valence-corrected chi connectivity index (χ0v) is 10.6. The molecule has 0 bridgehead atoms. The molecule has 0 fully saturated rings. The summed E-state index contributed by atoms with van der Waals surface area (Å²) in [6, 6.07) is 2.92. The first-order valence-electron chi connectivity index (χ1n) is 6.37. The Kier molecular flexibility index (Phi) is 2.98. The Morgan fingerprint density at radius 1 is 1.53 bits per heavy atom. The lowest BCUT2D eigenvalue weighted by atomic mass is 9.99. The van der Waals surface area contributed by atoms with Crippen LogP contribution in [0.2, 0.25) is 0 Å². The van der Waals surface area contributed by atoms with Crippen LogP contribution in [0.1, 0.15) is 24.2 Å². The van der Waals surface area contributed by atoms with Crippen molar-refractivity contribution in [2.24, 2.45) is 4.99 Å². The zero-order chi connectivity index (χ0) is 13.4. The van der Waals surface area contributed by atoms with Crippen LogP contribution < -0.4 is 5.32 Å². The van der Waals surface area contributed by atoms with Crippen LogP contribution in [0.15, 0.2) is 27.8 Å². The molecule has 0 spiro atoms. The molecule has 5 heteroatoms. The summed E-state index contributed by atoms with van der Waals surface area (Å²) >= 11 is 0. The molecule has 0 saturated carbocycles. The van der Waals surface area contributed by atoms with Gasteiger partial charge in [0.15, 0.2) is 11.4 Å². The summed E-state index contributed by atoms with van der Waals surface area (Å²) < 4.78 is 19.0. The molecule has 0 amide bonds. The summed E-state index contributed by atoms with van der Waals surface area (Å²) in [5.41, 5.74) is 1.73. The molecule has 0 radical (unpaired) electrons. The molecule has 2 heterocycles. The molecule has 2 N–H and O–H groups in total. The zero-order valence-electron chi connectivity index (χ0n) is 10.6. The van der Waals surface area contributed by atoms with Crippen molar-refractivity contribution in [1.82, 2.24) is 5.32 Å². The predicted octanol–water partition coefficient (Wildman–Crippen LogP) is 2.17. The third kappa shape index (κ3) is 1.90. The number of halogens is 1. The van der Waals surface area contributed by atoms with Gasteiger partial charge in [-0.25, -0.2) is 4.39 Å². The van der Waals surface area contributed by atoms with Crippen LogP contribution in [0.5, 0.6) is 0 Å². The Morgan fingerprint density at radius 2 is 2.37 bits per heavy atom. The fourth-order valence-electron chi connectivity index (χ4n) is 2.44. The van der Waals surface area contributed by atoms with E-state index in [-0.39, 0.29) is 5.58 Å². The number of rotatable bonds is 3. The first-order chi connectivity index (χ1) is 9.22. The van der Waals surface area contributed by atoms with Crippen molar-refractivity contribution in [3.63, 3.8) is 0 Å². The van der Waals surface area contributed by atoms with Crippen LogP contribution in [0.25, 0.3) is 11.0 Å². The van der Waals surface area contributed by atoms with E-state index < -0.39 is 11.9 Å². The van der Waals surface area contributed by atoms with Crippen molar-refractivity contribution in [3.05, 3.63) is 35.3 Å². The van der Waals surface area contributed by atoms with Crippen molar-refractivity contribution in [3.8, 4) is 0 Å². The molecule has 2 aromatic rings. The second-order valence-electron chi connectivity index (χ2n) is 4.55. The van der Waals surface area contributed by atoms with E-state index in [0.29, 0.717) is 23.3 Å². The molecule has 0 unspecified atom stereocenters. The van der Waals surface area contributed by atoms with Gasteiger partial charge in [-0.1, -0.05) is 13.0 Å². The number of benzene rings is 1. The molecule has 0 aliphatic carbocycles. The van der Waals surface area contributed by atoms with Crippen molar-refractivity contribution >= 4 is 16.8 Å². The maximum Gasteiger partial charge on any atom is 0.170 e. The molecule has 3 rings (SSSR count). The standard InChI is InChI=1S/C14H15FN2O2/c1-2-8-7-19-13-10(15)4-3-9(11(8)13)12(18)14-16-5-6-17-14/h3-4,7,12,18H,2,5-6H2,1H3,(H,16,17)/t12-/m0/s1. The molecule has 19 heavy (non-hydrogen) atoms. The highest BCUT2D eigenvalue weighted by molar-refractivity contribution is 5.95. The summed E-state index contributed by atoms with van der Waals surface area (Å²) in [6.45, 7) is 3.35. The van der Waals surface area contributed by atoms with Crippen molar-refractivity contribution < 1.29 is 13.9 Å². The number of aryl methyl sites for hydroxylation is 1. The maximum atomic E-state index is 13.7. The second kappa shape index (κ2) is 4.66. The van der Waals surface area contributed by atoms with E-state index >= 15 is 0 Å². The van der Waals surface area contributed by atoms with Gasteiger partial charge in [0.1, 0.15) is 11.9 Å². The molecule has 0 saturated heterocycles. The topological polar surface area (TPSA) is 57.8 Å². The predicted molar refractivity (Wildman–Crippen MR) is 70.8 cm³/mol. The Morgan fingerprint density at radius 3 is 3.05 bits per heavy atom. The molecule has 1 aliphatic heterocycles. The Labute approximate surface area is 109 Å². The maximum absolute atomic E-state index is 13.7. The minimum absolute atomic E-state index is 0.201. The Balaban J connectivity index is 2.17. The number of hydrogen-bond acceptors (Lipinski definition) is 4. The molecule has 1 aliphatic rings. The number of hydrogen-bond donors (Lipinski definition) is 2. The number of nitrogens with zero attached hydrogens (tertiary/aromatic N) is 1. The Bertz CT molecular complexity index is 648. The molecule has 1 aromatic carbocycles. The summed E-state index contributed by atoms with van der Waals surface area (Å²) in [5.74, 6) is 0.128. The largest absolute Gasteiger partial charge is 0.461 e. The number of nitrogens with one attached hydrogen (secondary N) is 1. The average molecular weight is 262 g/mol. The minimum atomic E-state index is -0.867. The van der Waals surface area contributed by atoms with Gasteiger partial charge in [0, 0.05) is 11.9 Å². The number of aliphatic hydroxyl groups excluding tert-OH is 1. The van der Waals surface area contributed by atoms with Gasteiger partial charge in [0.25, 0.3) is 0 Å². The highest BCUT2D eigenvalue weighted by Gasteiger charge is 2.23. The van der Waals surface area contributed by atoms with Crippen molar-refractivity contribution in [2.45, 2.75) is 19.4 Å². The van der Waals surface area contributed by atoms with Gasteiger partial charge in [-0.05, 0) is 23.6 Å². The van der Waals surface area contributed by atoms with Gasteiger partial charge in [-0.2, -0.15) is 0 Å². The smallest absolute Gasteiger partial charge is 0.170 e. The monoisotopic (exact) mass is 262 g/mol. The Hall–Kier alpha value is -1.88. The third-order valence-corrected chi connectivity index (χ3v) is 3.42. The van der Waals surface area contributed by atoms with E-state index in [2.05, 4.69) is 10.3 Å². The van der Waals surface area contributed by atoms with Gasteiger partial charge in [0.05, 0.1) is 12.8 Å². The van der Waals surface area contributed by atoms with Gasteiger partial charge in [-0.3, -0.25) is 4.99 Å². The van der Waals surface area contributed by atoms with Crippen LogP contribution >= 0.6 is 0 Å². The van der Waals surface area contributed by atoms with E-state index in [1.54, 1.807) is 12.3 Å². The lowest BCUT2D eigenvalue weighted by Crippen LogP contribution is -2.25. The van der Waals surface area contributed by atoms with Gasteiger partial charge in [-0.15, -0.1) is 0 Å². The number of furan rings is 1. The van der Waals surface area contributed by atoms with Crippen LogP contribution in [-0.4, -0.2) is 24.0 Å². The first kappa shape index (κ1) is 12.2. The van der Waals surface area contributed by atoms with E-state index in [4.69, 9.17) is 4.42 Å².